The van der Waals surface area contributed by atoms with Crippen molar-refractivity contribution in [2.24, 2.45) is 7.05 Å². The largest absolute Gasteiger partial charge is 0.422 e. The number of amides is 1. The maximum Gasteiger partial charge on any atom is 0.300 e. The van der Waals surface area contributed by atoms with E-state index in [2.05, 4.69) is 45.8 Å². The molecular weight excluding hydrogens is 430 g/mol. The molecule has 1 saturated heterocycles. The number of aromatic nitrogens is 5. The van der Waals surface area contributed by atoms with Crippen molar-refractivity contribution < 1.29 is 9.21 Å². The Morgan fingerprint density at radius 2 is 1.65 bits per heavy atom. The lowest BCUT2D eigenvalue weighted by molar-refractivity contribution is 0.0745. The molecule has 176 valence electrons. The number of piperazine rings is 1. The molecule has 4 heterocycles. The predicted molar refractivity (Wildman–Crippen MR) is 130 cm³/mol. The molecule has 1 aliphatic rings. The molecule has 0 radical (unpaired) electrons. The molecule has 3 aromatic heterocycles. The first-order chi connectivity index (χ1) is 16.2. The number of nitrogens with zero attached hydrogens (tertiary/aromatic N) is 7. The number of anilines is 1. The Hall–Kier alpha value is -3.75. The highest BCUT2D eigenvalue weighted by Crippen LogP contribution is 2.26. The lowest BCUT2D eigenvalue weighted by Gasteiger charge is -2.33. The summed E-state index contributed by atoms with van der Waals surface area (Å²) in [6.07, 6.45) is 0. The van der Waals surface area contributed by atoms with Crippen LogP contribution >= 0.6 is 0 Å². The molecule has 0 bridgehead atoms. The standard InChI is InChI=1S/C25H29N7O2/c1-16-6-11-19-20(26-16)27-24(34-19)32-14-12-31(13-15-32)22(33)18-9-7-17(8-10-18)21-28-29-23(30(21)5)25(2,3)4/h6-11H,12-15H2,1-5H3. The first-order valence-electron chi connectivity index (χ1n) is 11.5. The minimum absolute atomic E-state index is 0.0226. The van der Waals surface area contributed by atoms with Crippen molar-refractivity contribution in [3.05, 3.63) is 53.5 Å². The van der Waals surface area contributed by atoms with Crippen molar-refractivity contribution in [3.63, 3.8) is 0 Å². The molecule has 1 amide bonds. The maximum atomic E-state index is 13.1. The molecule has 1 fully saturated rings. The van der Waals surface area contributed by atoms with Gasteiger partial charge in [-0.2, -0.15) is 4.98 Å². The van der Waals surface area contributed by atoms with Crippen molar-refractivity contribution in [1.82, 2.24) is 29.6 Å². The minimum Gasteiger partial charge on any atom is -0.422 e. The zero-order valence-electron chi connectivity index (χ0n) is 20.2. The highest BCUT2D eigenvalue weighted by Gasteiger charge is 2.26. The van der Waals surface area contributed by atoms with E-state index in [1.807, 2.05) is 59.8 Å². The quantitative estimate of drug-likeness (QED) is 0.462. The van der Waals surface area contributed by atoms with E-state index in [1.54, 1.807) is 0 Å². The summed E-state index contributed by atoms with van der Waals surface area (Å²) in [6.45, 7) is 10.8. The summed E-state index contributed by atoms with van der Waals surface area (Å²) in [5.74, 6) is 1.74. The molecular formula is C25H29N7O2. The van der Waals surface area contributed by atoms with Crippen LogP contribution in [-0.2, 0) is 12.5 Å². The van der Waals surface area contributed by atoms with Crippen molar-refractivity contribution in [2.45, 2.75) is 33.1 Å². The summed E-state index contributed by atoms with van der Waals surface area (Å²) < 4.78 is 7.88. The van der Waals surface area contributed by atoms with Gasteiger partial charge < -0.3 is 18.8 Å². The molecule has 9 heteroatoms. The van der Waals surface area contributed by atoms with Gasteiger partial charge >= 0.3 is 0 Å². The average Bonchev–Trinajstić information content (AvgIpc) is 3.42. The summed E-state index contributed by atoms with van der Waals surface area (Å²) in [7, 11) is 1.97. The van der Waals surface area contributed by atoms with Crippen molar-refractivity contribution in [2.75, 3.05) is 31.1 Å². The molecule has 34 heavy (non-hydrogen) atoms. The Kier molecular flexibility index (Phi) is 5.34. The second-order valence-corrected chi connectivity index (χ2v) is 9.78. The number of benzene rings is 1. The molecule has 0 atom stereocenters. The van der Waals surface area contributed by atoms with Gasteiger partial charge in [0.2, 0.25) is 5.65 Å². The van der Waals surface area contributed by atoms with Crippen LogP contribution in [0, 0.1) is 6.92 Å². The van der Waals surface area contributed by atoms with Crippen LogP contribution < -0.4 is 4.90 Å². The van der Waals surface area contributed by atoms with Gasteiger partial charge in [0.15, 0.2) is 11.4 Å². The monoisotopic (exact) mass is 459 g/mol. The Morgan fingerprint density at radius 3 is 2.29 bits per heavy atom. The van der Waals surface area contributed by atoms with Crippen LogP contribution in [0.1, 0.15) is 42.6 Å². The first-order valence-corrected chi connectivity index (χ1v) is 11.5. The van der Waals surface area contributed by atoms with Crippen LogP contribution in [0.25, 0.3) is 22.6 Å². The molecule has 0 N–H and O–H groups in total. The second-order valence-electron chi connectivity index (χ2n) is 9.78. The number of rotatable bonds is 3. The molecule has 9 nitrogen and oxygen atoms in total. The summed E-state index contributed by atoms with van der Waals surface area (Å²) in [5, 5.41) is 8.73. The molecule has 5 rings (SSSR count). The number of oxazole rings is 1. The SMILES string of the molecule is Cc1ccc2oc(N3CCN(C(=O)c4ccc(-c5nnc(C(C)(C)C)n5C)cc4)CC3)nc2n1. The Labute approximate surface area is 198 Å². The third kappa shape index (κ3) is 4.02. The number of carbonyl (C=O) groups is 1. The minimum atomic E-state index is -0.0919. The highest BCUT2D eigenvalue weighted by molar-refractivity contribution is 5.94. The van der Waals surface area contributed by atoms with E-state index in [0.29, 0.717) is 49.0 Å². The van der Waals surface area contributed by atoms with E-state index in [1.165, 1.54) is 0 Å². The summed E-state index contributed by atoms with van der Waals surface area (Å²) in [6, 6.07) is 12.0. The first kappa shape index (κ1) is 22.1. The van der Waals surface area contributed by atoms with Crippen molar-refractivity contribution >= 4 is 23.2 Å². The number of aryl methyl sites for hydroxylation is 1. The lowest BCUT2D eigenvalue weighted by atomic mass is 9.96. The van der Waals surface area contributed by atoms with Crippen LogP contribution in [0.2, 0.25) is 0 Å². The fourth-order valence-electron chi connectivity index (χ4n) is 4.32. The third-order valence-corrected chi connectivity index (χ3v) is 6.15. The molecule has 4 aromatic rings. The maximum absolute atomic E-state index is 13.1. The van der Waals surface area contributed by atoms with E-state index >= 15 is 0 Å². The van der Waals surface area contributed by atoms with E-state index < -0.39 is 0 Å². The molecule has 0 saturated carbocycles. The van der Waals surface area contributed by atoms with Crippen molar-refractivity contribution in [1.29, 1.82) is 0 Å². The van der Waals surface area contributed by atoms with Gasteiger partial charge in [0.25, 0.3) is 11.9 Å². The Bertz CT molecular complexity index is 1340. The zero-order valence-corrected chi connectivity index (χ0v) is 20.2. The average molecular weight is 460 g/mol. The fourth-order valence-corrected chi connectivity index (χ4v) is 4.32. The highest BCUT2D eigenvalue weighted by atomic mass is 16.4. The van der Waals surface area contributed by atoms with Gasteiger partial charge in [-0.15, -0.1) is 10.2 Å². The fraction of sp³-hybridized carbons (Fsp3) is 0.400. The number of fused-ring (bicyclic) bond motifs is 1. The van der Waals surface area contributed by atoms with Crippen molar-refractivity contribution in [3.8, 4) is 11.4 Å². The number of hydrogen-bond donors (Lipinski definition) is 0. The summed E-state index contributed by atoms with van der Waals surface area (Å²) >= 11 is 0. The Balaban J connectivity index is 1.25. The number of hydrogen-bond acceptors (Lipinski definition) is 7. The lowest BCUT2D eigenvalue weighted by Crippen LogP contribution is -2.48. The van der Waals surface area contributed by atoms with E-state index in [4.69, 9.17) is 4.42 Å². The van der Waals surface area contributed by atoms with Crippen LogP contribution in [0.4, 0.5) is 6.01 Å². The van der Waals surface area contributed by atoms with Gasteiger partial charge in [0.1, 0.15) is 5.82 Å². The molecule has 0 unspecified atom stereocenters. The van der Waals surface area contributed by atoms with E-state index in [-0.39, 0.29) is 11.3 Å². The van der Waals surface area contributed by atoms with Gasteiger partial charge in [-0.3, -0.25) is 4.79 Å². The third-order valence-electron chi connectivity index (χ3n) is 6.15. The topological polar surface area (TPSA) is 93.2 Å². The molecule has 1 aliphatic heterocycles. The molecule has 0 aliphatic carbocycles. The second kappa shape index (κ2) is 8.23. The predicted octanol–water partition coefficient (Wildman–Crippen LogP) is 3.59. The van der Waals surface area contributed by atoms with E-state index in [9.17, 15) is 4.79 Å². The van der Waals surface area contributed by atoms with Crippen LogP contribution in [0.15, 0.2) is 40.8 Å². The van der Waals surface area contributed by atoms with Crippen LogP contribution in [0.5, 0.6) is 0 Å². The number of pyridine rings is 1. The van der Waals surface area contributed by atoms with Gasteiger partial charge in [-0.1, -0.05) is 32.9 Å². The smallest absolute Gasteiger partial charge is 0.300 e. The molecule has 0 spiro atoms. The van der Waals surface area contributed by atoms with Gasteiger partial charge in [-0.25, -0.2) is 4.98 Å². The van der Waals surface area contributed by atoms with Gasteiger partial charge in [0, 0.05) is 55.5 Å². The Morgan fingerprint density at radius 1 is 0.941 bits per heavy atom. The summed E-state index contributed by atoms with van der Waals surface area (Å²) in [4.78, 5) is 26.0. The van der Waals surface area contributed by atoms with Gasteiger partial charge in [0.05, 0.1) is 0 Å². The number of carbonyl (C=O) groups excluding carboxylic acids is 1. The van der Waals surface area contributed by atoms with Crippen LogP contribution in [0.3, 0.4) is 0 Å². The zero-order chi connectivity index (χ0) is 24.0. The van der Waals surface area contributed by atoms with E-state index in [0.717, 1.165) is 22.9 Å². The van der Waals surface area contributed by atoms with Gasteiger partial charge in [-0.05, 0) is 31.2 Å². The normalized spacial score (nSPS) is 14.7. The van der Waals surface area contributed by atoms with Crippen LogP contribution in [-0.4, -0.2) is 61.7 Å². The summed E-state index contributed by atoms with van der Waals surface area (Å²) in [5.41, 5.74) is 3.71. The molecule has 1 aromatic carbocycles.